The molecule has 1 N–H and O–H groups in total. The van der Waals surface area contributed by atoms with Crippen LogP contribution in [0.4, 0.5) is 24.5 Å². The summed E-state index contributed by atoms with van der Waals surface area (Å²) in [6.45, 7) is 3.80. The Labute approximate surface area is 168 Å². The number of carbonyl (C=O) groups excluding carboxylic acids is 1. The van der Waals surface area contributed by atoms with Gasteiger partial charge in [0, 0.05) is 18.7 Å². The predicted octanol–water partition coefficient (Wildman–Crippen LogP) is 4.51. The number of sulfonamides is 1. The number of carbonyl (C=O) groups is 1. The molecule has 2 rings (SSSR count). The van der Waals surface area contributed by atoms with Gasteiger partial charge in [-0.25, -0.2) is 8.42 Å². The minimum atomic E-state index is -4.50. The fraction of sp³-hybridized carbons (Fsp3) is 0.350. The van der Waals surface area contributed by atoms with Crippen molar-refractivity contribution < 1.29 is 26.4 Å². The molecular formula is C20H23F3N2O3S. The summed E-state index contributed by atoms with van der Waals surface area (Å²) in [7, 11) is -3.55. The average Bonchev–Trinajstić information content (AvgIpc) is 2.56. The number of hydrogen-bond acceptors (Lipinski definition) is 3. The highest BCUT2D eigenvalue weighted by Crippen LogP contribution is 2.30. The summed E-state index contributed by atoms with van der Waals surface area (Å²) in [6.07, 6.45) is -3.23. The Bertz CT molecular complexity index is 968. The summed E-state index contributed by atoms with van der Waals surface area (Å²) in [4.78, 5) is 12.1. The fourth-order valence-electron chi connectivity index (χ4n) is 2.96. The summed E-state index contributed by atoms with van der Waals surface area (Å²) in [5.41, 5.74) is 1.53. The van der Waals surface area contributed by atoms with Gasteiger partial charge >= 0.3 is 6.18 Å². The van der Waals surface area contributed by atoms with Crippen molar-refractivity contribution in [2.24, 2.45) is 0 Å². The second kappa shape index (κ2) is 8.86. The smallest absolute Gasteiger partial charge is 0.326 e. The molecule has 0 fully saturated rings. The van der Waals surface area contributed by atoms with Crippen LogP contribution in [0.1, 0.15) is 29.5 Å². The lowest BCUT2D eigenvalue weighted by Crippen LogP contribution is -2.31. The van der Waals surface area contributed by atoms with Gasteiger partial charge in [0.05, 0.1) is 17.5 Å². The Hall–Kier alpha value is -2.55. The van der Waals surface area contributed by atoms with Crippen molar-refractivity contribution in [2.75, 3.05) is 22.4 Å². The first kappa shape index (κ1) is 22.7. The molecule has 158 valence electrons. The average molecular weight is 428 g/mol. The van der Waals surface area contributed by atoms with E-state index in [1.165, 1.54) is 16.4 Å². The zero-order valence-electron chi connectivity index (χ0n) is 16.4. The number of aryl methyl sites for hydroxylation is 2. The minimum Gasteiger partial charge on any atom is -0.326 e. The maximum absolute atomic E-state index is 12.8. The number of nitrogens with zero attached hydrogens (tertiary/aromatic N) is 1. The molecule has 0 bridgehead atoms. The van der Waals surface area contributed by atoms with Gasteiger partial charge in [0.2, 0.25) is 15.9 Å². The summed E-state index contributed by atoms with van der Waals surface area (Å²) in [5.74, 6) is -0.488. The van der Waals surface area contributed by atoms with E-state index in [0.29, 0.717) is 5.69 Å². The molecule has 0 spiro atoms. The molecule has 0 aliphatic carbocycles. The summed E-state index contributed by atoms with van der Waals surface area (Å²) >= 11 is 0. The van der Waals surface area contributed by atoms with Gasteiger partial charge < -0.3 is 5.32 Å². The predicted molar refractivity (Wildman–Crippen MR) is 107 cm³/mol. The van der Waals surface area contributed by atoms with E-state index < -0.39 is 27.7 Å². The highest BCUT2D eigenvalue weighted by molar-refractivity contribution is 7.92. The van der Waals surface area contributed by atoms with Gasteiger partial charge in [-0.05, 0) is 61.7 Å². The van der Waals surface area contributed by atoms with Crippen molar-refractivity contribution in [2.45, 2.75) is 32.9 Å². The van der Waals surface area contributed by atoms with Crippen LogP contribution in [0.3, 0.4) is 0 Å². The van der Waals surface area contributed by atoms with Crippen molar-refractivity contribution in [3.63, 3.8) is 0 Å². The van der Waals surface area contributed by atoms with Gasteiger partial charge in [-0.1, -0.05) is 12.1 Å². The molecule has 29 heavy (non-hydrogen) atoms. The maximum atomic E-state index is 12.8. The maximum Gasteiger partial charge on any atom is 0.416 e. The van der Waals surface area contributed by atoms with Gasteiger partial charge in [-0.3, -0.25) is 9.10 Å². The number of hydrogen-bond donors (Lipinski definition) is 1. The van der Waals surface area contributed by atoms with Crippen LogP contribution >= 0.6 is 0 Å². The molecular weight excluding hydrogens is 405 g/mol. The first-order chi connectivity index (χ1) is 13.4. The zero-order valence-corrected chi connectivity index (χ0v) is 17.2. The van der Waals surface area contributed by atoms with Crippen molar-refractivity contribution in [3.8, 4) is 0 Å². The molecule has 5 nitrogen and oxygen atoms in total. The van der Waals surface area contributed by atoms with E-state index in [1.54, 1.807) is 12.1 Å². The molecule has 2 aromatic rings. The van der Waals surface area contributed by atoms with E-state index in [9.17, 15) is 26.4 Å². The lowest BCUT2D eigenvalue weighted by molar-refractivity contribution is -0.137. The Balaban J connectivity index is 2.02. The Morgan fingerprint density at radius 3 is 2.24 bits per heavy atom. The molecule has 2 aromatic carbocycles. The van der Waals surface area contributed by atoms with Crippen molar-refractivity contribution in [3.05, 3.63) is 59.2 Å². The van der Waals surface area contributed by atoms with Crippen molar-refractivity contribution in [1.82, 2.24) is 0 Å². The molecule has 0 atom stereocenters. The van der Waals surface area contributed by atoms with E-state index in [1.807, 2.05) is 19.9 Å². The number of benzene rings is 2. The van der Waals surface area contributed by atoms with Gasteiger partial charge in [0.25, 0.3) is 0 Å². The number of alkyl halides is 3. The second-order valence-corrected chi connectivity index (χ2v) is 8.82. The van der Waals surface area contributed by atoms with Crippen molar-refractivity contribution >= 4 is 27.3 Å². The van der Waals surface area contributed by atoms with Gasteiger partial charge in [0.1, 0.15) is 0 Å². The van der Waals surface area contributed by atoms with E-state index in [2.05, 4.69) is 5.32 Å². The SMILES string of the molecule is Cc1cc(C)cc(N(CCCC(=O)Nc2cccc(C(F)(F)F)c2)S(C)(=O)=O)c1. The van der Waals surface area contributed by atoms with Crippen LogP contribution < -0.4 is 9.62 Å². The third kappa shape index (κ3) is 6.77. The topological polar surface area (TPSA) is 66.5 Å². The molecule has 0 heterocycles. The lowest BCUT2D eigenvalue weighted by Gasteiger charge is -2.23. The van der Waals surface area contributed by atoms with Crippen LogP contribution in [0.15, 0.2) is 42.5 Å². The monoisotopic (exact) mass is 428 g/mol. The van der Waals surface area contributed by atoms with Gasteiger partial charge in [0.15, 0.2) is 0 Å². The molecule has 0 saturated heterocycles. The molecule has 1 amide bonds. The van der Waals surface area contributed by atoms with Crippen LogP contribution in [0.5, 0.6) is 0 Å². The number of nitrogens with one attached hydrogen (secondary N) is 1. The Morgan fingerprint density at radius 2 is 1.69 bits per heavy atom. The molecule has 0 unspecified atom stereocenters. The van der Waals surface area contributed by atoms with Gasteiger partial charge in [-0.15, -0.1) is 0 Å². The first-order valence-corrected chi connectivity index (χ1v) is 10.7. The summed E-state index contributed by atoms with van der Waals surface area (Å²) < 4.78 is 63.8. The normalized spacial score (nSPS) is 11.9. The highest BCUT2D eigenvalue weighted by atomic mass is 32.2. The standard InChI is InChI=1S/C20H23F3N2O3S/c1-14-10-15(2)12-18(11-14)25(29(3,27)28)9-5-8-19(26)24-17-7-4-6-16(13-17)20(21,22)23/h4,6-7,10-13H,5,8-9H2,1-3H3,(H,24,26). The number of amides is 1. The van der Waals surface area contributed by atoms with E-state index >= 15 is 0 Å². The van der Waals surface area contributed by atoms with Gasteiger partial charge in [-0.2, -0.15) is 13.2 Å². The highest BCUT2D eigenvalue weighted by Gasteiger charge is 2.30. The van der Waals surface area contributed by atoms with Crippen molar-refractivity contribution in [1.29, 1.82) is 0 Å². The van der Waals surface area contributed by atoms with Crippen LogP contribution in [0.25, 0.3) is 0 Å². The zero-order chi connectivity index (χ0) is 21.8. The second-order valence-electron chi connectivity index (χ2n) is 6.91. The molecule has 9 heteroatoms. The van der Waals surface area contributed by atoms with E-state index in [-0.39, 0.29) is 25.1 Å². The third-order valence-corrected chi connectivity index (χ3v) is 5.33. The Morgan fingerprint density at radius 1 is 1.07 bits per heavy atom. The molecule has 0 aliphatic rings. The largest absolute Gasteiger partial charge is 0.416 e. The van der Waals surface area contributed by atoms with Crippen LogP contribution in [0.2, 0.25) is 0 Å². The molecule has 0 aromatic heterocycles. The van der Waals surface area contributed by atoms with Crippen LogP contribution in [0, 0.1) is 13.8 Å². The summed E-state index contributed by atoms with van der Waals surface area (Å²) in [6, 6.07) is 9.77. The fourth-order valence-corrected chi connectivity index (χ4v) is 3.91. The lowest BCUT2D eigenvalue weighted by atomic mass is 10.1. The van der Waals surface area contributed by atoms with Crippen LogP contribution in [-0.2, 0) is 21.0 Å². The Kier molecular flexibility index (Phi) is 6.94. The molecule has 0 aliphatic heterocycles. The molecule has 0 radical (unpaired) electrons. The number of halogens is 3. The third-order valence-electron chi connectivity index (χ3n) is 4.13. The minimum absolute atomic E-state index is 0.0347. The number of rotatable bonds is 7. The number of anilines is 2. The summed E-state index contributed by atoms with van der Waals surface area (Å²) in [5, 5.41) is 2.42. The van der Waals surface area contributed by atoms with E-state index in [0.717, 1.165) is 29.5 Å². The first-order valence-electron chi connectivity index (χ1n) is 8.89. The molecule has 0 saturated carbocycles. The van der Waals surface area contributed by atoms with Crippen LogP contribution in [-0.4, -0.2) is 27.1 Å². The van der Waals surface area contributed by atoms with E-state index in [4.69, 9.17) is 0 Å². The quantitative estimate of drug-likeness (QED) is 0.706.